The van der Waals surface area contributed by atoms with E-state index in [0.717, 1.165) is 17.7 Å². The van der Waals surface area contributed by atoms with Crippen molar-refractivity contribution in [3.05, 3.63) is 29.3 Å². The standard InChI is InChI=1S/C12H19NO/c1-5-12(3,14-4)10-6-7-11(13)9(2)8-10/h6-8H,5,13H2,1-4H3. The Balaban J connectivity index is 3.12. The first kappa shape index (κ1) is 11.1. The largest absolute Gasteiger partial charge is 0.399 e. The predicted octanol–water partition coefficient (Wildman–Crippen LogP) is 2.85. The molecular weight excluding hydrogens is 174 g/mol. The maximum Gasteiger partial charge on any atom is 0.0897 e. The summed E-state index contributed by atoms with van der Waals surface area (Å²) >= 11 is 0. The summed E-state index contributed by atoms with van der Waals surface area (Å²) in [5.41, 5.74) is 8.71. The molecule has 0 amide bonds. The van der Waals surface area contributed by atoms with Gasteiger partial charge in [0.15, 0.2) is 0 Å². The van der Waals surface area contributed by atoms with Crippen LogP contribution >= 0.6 is 0 Å². The Kier molecular flexibility index (Phi) is 3.17. The molecule has 0 fully saturated rings. The van der Waals surface area contributed by atoms with Crippen molar-refractivity contribution in [2.45, 2.75) is 32.8 Å². The molecule has 0 saturated carbocycles. The molecule has 0 bridgehead atoms. The van der Waals surface area contributed by atoms with Gasteiger partial charge in [0.05, 0.1) is 5.60 Å². The lowest BCUT2D eigenvalue weighted by Gasteiger charge is -2.27. The molecule has 2 N–H and O–H groups in total. The van der Waals surface area contributed by atoms with Gasteiger partial charge in [-0.3, -0.25) is 0 Å². The summed E-state index contributed by atoms with van der Waals surface area (Å²) in [5, 5.41) is 0. The maximum atomic E-state index is 5.77. The highest BCUT2D eigenvalue weighted by Crippen LogP contribution is 2.29. The van der Waals surface area contributed by atoms with Crippen LogP contribution in [0, 0.1) is 6.92 Å². The topological polar surface area (TPSA) is 35.2 Å². The highest BCUT2D eigenvalue weighted by molar-refractivity contribution is 5.48. The first-order valence-corrected chi connectivity index (χ1v) is 4.95. The van der Waals surface area contributed by atoms with Gasteiger partial charge >= 0.3 is 0 Å². The van der Waals surface area contributed by atoms with Crippen LogP contribution in [0.25, 0.3) is 0 Å². The quantitative estimate of drug-likeness (QED) is 0.749. The number of nitrogen functional groups attached to an aromatic ring is 1. The van der Waals surface area contributed by atoms with Gasteiger partial charge in [-0.25, -0.2) is 0 Å². The monoisotopic (exact) mass is 193 g/mol. The number of ether oxygens (including phenoxy) is 1. The van der Waals surface area contributed by atoms with Gasteiger partial charge < -0.3 is 10.5 Å². The Morgan fingerprint density at radius 2 is 2.07 bits per heavy atom. The van der Waals surface area contributed by atoms with E-state index in [1.54, 1.807) is 7.11 Å². The number of nitrogens with two attached hydrogens (primary N) is 1. The molecule has 0 heterocycles. The van der Waals surface area contributed by atoms with Crippen LogP contribution in [0.2, 0.25) is 0 Å². The van der Waals surface area contributed by atoms with Gasteiger partial charge in [0, 0.05) is 12.8 Å². The third-order valence-corrected chi connectivity index (χ3v) is 3.01. The predicted molar refractivity (Wildman–Crippen MR) is 60.2 cm³/mol. The molecule has 0 radical (unpaired) electrons. The van der Waals surface area contributed by atoms with Crippen molar-refractivity contribution in [2.24, 2.45) is 0 Å². The van der Waals surface area contributed by atoms with Crippen molar-refractivity contribution in [1.82, 2.24) is 0 Å². The molecule has 2 heteroatoms. The minimum Gasteiger partial charge on any atom is -0.399 e. The molecule has 1 aromatic rings. The average Bonchev–Trinajstić information content (AvgIpc) is 2.21. The Labute approximate surface area is 86.1 Å². The van der Waals surface area contributed by atoms with Gasteiger partial charge in [-0.2, -0.15) is 0 Å². The van der Waals surface area contributed by atoms with Crippen molar-refractivity contribution in [2.75, 3.05) is 12.8 Å². The first-order chi connectivity index (χ1) is 6.53. The molecule has 1 unspecified atom stereocenters. The van der Waals surface area contributed by atoms with Gasteiger partial charge in [0.25, 0.3) is 0 Å². The summed E-state index contributed by atoms with van der Waals surface area (Å²) < 4.78 is 5.53. The number of hydrogen-bond donors (Lipinski definition) is 1. The van der Waals surface area contributed by atoms with Crippen molar-refractivity contribution < 1.29 is 4.74 Å². The zero-order valence-electron chi connectivity index (χ0n) is 9.42. The van der Waals surface area contributed by atoms with Crippen LogP contribution in [0.1, 0.15) is 31.4 Å². The second-order valence-electron chi connectivity index (χ2n) is 3.86. The zero-order chi connectivity index (χ0) is 10.8. The molecule has 0 aromatic heterocycles. The Morgan fingerprint density at radius 1 is 1.43 bits per heavy atom. The molecule has 0 aliphatic carbocycles. The zero-order valence-corrected chi connectivity index (χ0v) is 9.42. The van der Waals surface area contributed by atoms with Crippen molar-refractivity contribution >= 4 is 5.69 Å². The molecule has 0 spiro atoms. The number of hydrogen-bond acceptors (Lipinski definition) is 2. The number of aryl methyl sites for hydroxylation is 1. The summed E-state index contributed by atoms with van der Waals surface area (Å²) in [6.45, 7) is 6.23. The van der Waals surface area contributed by atoms with E-state index < -0.39 is 0 Å². The van der Waals surface area contributed by atoms with E-state index in [0.29, 0.717) is 0 Å². The molecule has 0 saturated heterocycles. The van der Waals surface area contributed by atoms with Gasteiger partial charge in [0.2, 0.25) is 0 Å². The lowest BCUT2D eigenvalue weighted by atomic mass is 9.91. The second kappa shape index (κ2) is 4.01. The summed E-state index contributed by atoms with van der Waals surface area (Å²) in [4.78, 5) is 0. The lowest BCUT2D eigenvalue weighted by molar-refractivity contribution is -0.00142. The molecule has 1 atom stereocenters. The Bertz CT molecular complexity index is 316. The van der Waals surface area contributed by atoms with Crippen LogP contribution in [0.15, 0.2) is 18.2 Å². The van der Waals surface area contributed by atoms with E-state index in [-0.39, 0.29) is 5.60 Å². The van der Waals surface area contributed by atoms with Crippen molar-refractivity contribution in [1.29, 1.82) is 0 Å². The number of rotatable bonds is 3. The fourth-order valence-corrected chi connectivity index (χ4v) is 1.47. The van der Waals surface area contributed by atoms with E-state index in [4.69, 9.17) is 10.5 Å². The van der Waals surface area contributed by atoms with E-state index in [2.05, 4.69) is 19.9 Å². The Morgan fingerprint density at radius 3 is 2.50 bits per heavy atom. The van der Waals surface area contributed by atoms with Gasteiger partial charge in [0.1, 0.15) is 0 Å². The Hall–Kier alpha value is -1.02. The lowest BCUT2D eigenvalue weighted by Crippen LogP contribution is -2.23. The van der Waals surface area contributed by atoms with E-state index in [1.807, 2.05) is 19.1 Å². The molecule has 2 nitrogen and oxygen atoms in total. The SMILES string of the molecule is CCC(C)(OC)c1ccc(N)c(C)c1. The van der Waals surface area contributed by atoms with Crippen LogP contribution in [0.4, 0.5) is 5.69 Å². The summed E-state index contributed by atoms with van der Waals surface area (Å²) in [5.74, 6) is 0. The summed E-state index contributed by atoms with van der Waals surface area (Å²) in [6.07, 6.45) is 0.951. The van der Waals surface area contributed by atoms with Crippen molar-refractivity contribution in [3.63, 3.8) is 0 Å². The maximum absolute atomic E-state index is 5.77. The summed E-state index contributed by atoms with van der Waals surface area (Å²) in [7, 11) is 1.75. The molecule has 78 valence electrons. The van der Waals surface area contributed by atoms with Gasteiger partial charge in [-0.15, -0.1) is 0 Å². The highest BCUT2D eigenvalue weighted by atomic mass is 16.5. The van der Waals surface area contributed by atoms with Crippen LogP contribution in [-0.2, 0) is 10.3 Å². The molecular formula is C12H19NO. The minimum atomic E-state index is -0.196. The molecule has 0 aliphatic heterocycles. The second-order valence-corrected chi connectivity index (χ2v) is 3.86. The molecule has 14 heavy (non-hydrogen) atoms. The van der Waals surface area contributed by atoms with E-state index in [1.165, 1.54) is 5.56 Å². The molecule has 1 rings (SSSR count). The fraction of sp³-hybridized carbons (Fsp3) is 0.500. The van der Waals surface area contributed by atoms with Crippen LogP contribution in [0.3, 0.4) is 0 Å². The third-order valence-electron chi connectivity index (χ3n) is 3.01. The van der Waals surface area contributed by atoms with E-state index >= 15 is 0 Å². The summed E-state index contributed by atoms with van der Waals surface area (Å²) in [6, 6.07) is 6.08. The molecule has 1 aromatic carbocycles. The number of benzene rings is 1. The normalized spacial score (nSPS) is 15.1. The van der Waals surface area contributed by atoms with Crippen LogP contribution in [0.5, 0.6) is 0 Å². The number of anilines is 1. The van der Waals surface area contributed by atoms with Gasteiger partial charge in [-0.1, -0.05) is 19.1 Å². The highest BCUT2D eigenvalue weighted by Gasteiger charge is 2.23. The third kappa shape index (κ3) is 1.90. The van der Waals surface area contributed by atoms with Crippen molar-refractivity contribution in [3.8, 4) is 0 Å². The van der Waals surface area contributed by atoms with Gasteiger partial charge in [-0.05, 0) is 37.5 Å². The van der Waals surface area contributed by atoms with Crippen LogP contribution in [-0.4, -0.2) is 7.11 Å². The van der Waals surface area contributed by atoms with Crippen LogP contribution < -0.4 is 5.73 Å². The number of methoxy groups -OCH3 is 1. The van der Waals surface area contributed by atoms with E-state index in [9.17, 15) is 0 Å². The minimum absolute atomic E-state index is 0.196. The first-order valence-electron chi connectivity index (χ1n) is 4.95. The fourth-order valence-electron chi connectivity index (χ4n) is 1.47. The smallest absolute Gasteiger partial charge is 0.0897 e. The molecule has 0 aliphatic rings. The average molecular weight is 193 g/mol.